The first kappa shape index (κ1) is 22.5. The quantitative estimate of drug-likeness (QED) is 0.547. The third-order valence-electron chi connectivity index (χ3n) is 6.13. The Bertz CT molecular complexity index is 1100. The maximum Gasteiger partial charge on any atom is 0.416 e. The number of aryl methyl sites for hydroxylation is 1. The SMILES string of the molecule is Cc1nc(N2CC3(CCC(CNc4ccn(-c5ccccc5F)n4)CC3)OC2=O)cs1.Cl. The molecule has 32 heavy (non-hydrogen) atoms. The topological polar surface area (TPSA) is 72.3 Å². The first-order valence-corrected chi connectivity index (χ1v) is 11.4. The number of nitrogens with one attached hydrogen (secondary N) is 1. The van der Waals surface area contributed by atoms with Gasteiger partial charge < -0.3 is 10.1 Å². The average molecular weight is 478 g/mol. The Morgan fingerprint density at radius 2 is 2.06 bits per heavy atom. The number of benzene rings is 1. The molecule has 0 bridgehead atoms. The van der Waals surface area contributed by atoms with E-state index in [4.69, 9.17) is 4.74 Å². The van der Waals surface area contributed by atoms with Crippen LogP contribution in [0.5, 0.6) is 0 Å². The van der Waals surface area contributed by atoms with Crippen LogP contribution in [0.4, 0.5) is 20.8 Å². The molecular weight excluding hydrogens is 453 g/mol. The second-order valence-corrected chi connectivity index (χ2v) is 9.35. The van der Waals surface area contributed by atoms with E-state index in [-0.39, 0.29) is 24.3 Å². The van der Waals surface area contributed by atoms with E-state index in [9.17, 15) is 9.18 Å². The minimum atomic E-state index is -0.405. The van der Waals surface area contributed by atoms with Crippen LogP contribution in [-0.4, -0.2) is 39.5 Å². The summed E-state index contributed by atoms with van der Waals surface area (Å²) >= 11 is 1.54. The van der Waals surface area contributed by atoms with Crippen LogP contribution in [0.15, 0.2) is 41.9 Å². The summed E-state index contributed by atoms with van der Waals surface area (Å²) in [5.41, 5.74) is 0.0235. The highest BCUT2D eigenvalue weighted by atomic mass is 35.5. The Morgan fingerprint density at radius 3 is 2.78 bits per heavy atom. The number of anilines is 2. The second kappa shape index (κ2) is 9.07. The molecule has 3 aromatic rings. The molecule has 2 aromatic heterocycles. The van der Waals surface area contributed by atoms with Crippen molar-refractivity contribution in [2.24, 2.45) is 5.92 Å². The summed E-state index contributed by atoms with van der Waals surface area (Å²) in [6.45, 7) is 3.29. The number of aromatic nitrogens is 3. The summed E-state index contributed by atoms with van der Waals surface area (Å²) in [7, 11) is 0. The maximum atomic E-state index is 13.9. The van der Waals surface area contributed by atoms with Gasteiger partial charge in [0.15, 0.2) is 0 Å². The number of hydrogen-bond donors (Lipinski definition) is 1. The molecule has 0 atom stereocenters. The second-order valence-electron chi connectivity index (χ2n) is 8.28. The predicted octanol–water partition coefficient (Wildman–Crippen LogP) is 5.20. The monoisotopic (exact) mass is 477 g/mol. The van der Waals surface area contributed by atoms with Gasteiger partial charge in [0.05, 0.1) is 11.6 Å². The van der Waals surface area contributed by atoms with Crippen molar-refractivity contribution in [2.45, 2.75) is 38.2 Å². The number of rotatable bonds is 5. The van der Waals surface area contributed by atoms with Crippen molar-refractivity contribution in [2.75, 3.05) is 23.3 Å². The molecule has 1 saturated carbocycles. The maximum absolute atomic E-state index is 13.9. The molecule has 0 radical (unpaired) electrons. The zero-order valence-electron chi connectivity index (χ0n) is 17.7. The first-order chi connectivity index (χ1) is 15.0. The van der Waals surface area contributed by atoms with E-state index in [0.29, 0.717) is 24.0 Å². The van der Waals surface area contributed by atoms with Gasteiger partial charge in [0.2, 0.25) is 0 Å². The van der Waals surface area contributed by atoms with E-state index in [1.807, 2.05) is 18.4 Å². The van der Waals surface area contributed by atoms with Gasteiger partial charge in [-0.1, -0.05) is 12.1 Å². The van der Waals surface area contributed by atoms with E-state index < -0.39 is 5.60 Å². The molecule has 1 amide bonds. The fourth-order valence-corrected chi connectivity index (χ4v) is 4.98. The molecule has 1 saturated heterocycles. The van der Waals surface area contributed by atoms with Gasteiger partial charge in [0.1, 0.15) is 28.7 Å². The number of carbonyl (C=O) groups is 1. The van der Waals surface area contributed by atoms with E-state index in [1.54, 1.807) is 34.0 Å². The van der Waals surface area contributed by atoms with Gasteiger partial charge in [-0.15, -0.1) is 23.7 Å². The van der Waals surface area contributed by atoms with Crippen LogP contribution in [0.25, 0.3) is 5.69 Å². The van der Waals surface area contributed by atoms with E-state index >= 15 is 0 Å². The standard InChI is InChI=1S/C22H24FN5O2S.ClH/c1-15-25-20(13-31-15)27-14-22(30-21(27)29)9-6-16(7-10-22)12-24-19-8-11-28(26-19)18-5-3-2-4-17(18)23;/h2-5,8,11,13,16H,6-7,9-10,12,14H2,1H3,(H,24,26);1H. The lowest BCUT2D eigenvalue weighted by Crippen LogP contribution is -2.39. The molecule has 10 heteroatoms. The summed E-state index contributed by atoms with van der Waals surface area (Å²) < 4.78 is 21.3. The number of carbonyl (C=O) groups excluding carboxylic acids is 1. The highest BCUT2D eigenvalue weighted by Crippen LogP contribution is 2.40. The van der Waals surface area contributed by atoms with Gasteiger partial charge in [0, 0.05) is 24.2 Å². The van der Waals surface area contributed by atoms with Gasteiger partial charge in [-0.05, 0) is 50.7 Å². The molecule has 3 heterocycles. The summed E-state index contributed by atoms with van der Waals surface area (Å²) in [5, 5.41) is 10.7. The lowest BCUT2D eigenvalue weighted by Gasteiger charge is -2.35. The highest BCUT2D eigenvalue weighted by molar-refractivity contribution is 7.09. The van der Waals surface area contributed by atoms with Crippen molar-refractivity contribution >= 4 is 41.5 Å². The van der Waals surface area contributed by atoms with E-state index in [2.05, 4.69) is 15.4 Å². The fourth-order valence-electron chi connectivity index (χ4n) is 4.38. The molecule has 5 rings (SSSR count). The zero-order chi connectivity index (χ0) is 21.4. The van der Waals surface area contributed by atoms with Crippen LogP contribution in [0.1, 0.15) is 30.7 Å². The van der Waals surface area contributed by atoms with Gasteiger partial charge in [-0.25, -0.2) is 18.9 Å². The van der Waals surface area contributed by atoms with Gasteiger partial charge in [0.25, 0.3) is 0 Å². The molecule has 2 aliphatic rings. The van der Waals surface area contributed by atoms with Gasteiger partial charge in [-0.2, -0.15) is 5.10 Å². The molecule has 7 nitrogen and oxygen atoms in total. The molecule has 1 aliphatic carbocycles. The van der Waals surface area contributed by atoms with Crippen LogP contribution >= 0.6 is 23.7 Å². The largest absolute Gasteiger partial charge is 0.441 e. The summed E-state index contributed by atoms with van der Waals surface area (Å²) in [5.74, 6) is 1.58. The van der Waals surface area contributed by atoms with Crippen molar-refractivity contribution in [1.29, 1.82) is 0 Å². The van der Waals surface area contributed by atoms with Crippen molar-refractivity contribution in [3.05, 3.63) is 52.7 Å². The molecule has 0 unspecified atom stereocenters. The van der Waals surface area contributed by atoms with E-state index in [0.717, 1.165) is 43.1 Å². The smallest absolute Gasteiger partial charge is 0.416 e. The molecule has 1 spiro atoms. The number of nitrogens with zero attached hydrogens (tertiary/aromatic N) is 4. The lowest BCUT2D eigenvalue weighted by molar-refractivity contribution is 0.0148. The minimum absolute atomic E-state index is 0. The molecule has 2 fully saturated rings. The van der Waals surface area contributed by atoms with Gasteiger partial charge >= 0.3 is 6.09 Å². The van der Waals surface area contributed by atoms with Crippen LogP contribution in [0.2, 0.25) is 0 Å². The normalized spacial score (nSPS) is 22.6. The Hall–Kier alpha value is -2.65. The van der Waals surface area contributed by atoms with Crippen molar-refractivity contribution < 1.29 is 13.9 Å². The summed E-state index contributed by atoms with van der Waals surface area (Å²) in [4.78, 5) is 18.5. The van der Waals surface area contributed by atoms with Crippen LogP contribution in [-0.2, 0) is 4.74 Å². The lowest BCUT2D eigenvalue weighted by atomic mass is 9.78. The molecule has 1 N–H and O–H groups in total. The molecular formula is C22H25ClFN5O2S. The minimum Gasteiger partial charge on any atom is -0.441 e. The van der Waals surface area contributed by atoms with E-state index in [1.165, 1.54) is 17.4 Å². The van der Waals surface area contributed by atoms with Crippen molar-refractivity contribution in [3.63, 3.8) is 0 Å². The summed E-state index contributed by atoms with van der Waals surface area (Å²) in [6.07, 6.45) is 5.09. The van der Waals surface area contributed by atoms with Crippen LogP contribution < -0.4 is 10.2 Å². The Balaban J connectivity index is 0.00000245. The molecule has 1 aromatic carbocycles. The number of amides is 1. The van der Waals surface area contributed by atoms with Crippen LogP contribution in [0.3, 0.4) is 0 Å². The van der Waals surface area contributed by atoms with Crippen LogP contribution in [0, 0.1) is 18.7 Å². The molecule has 1 aliphatic heterocycles. The fraction of sp³-hybridized carbons (Fsp3) is 0.409. The number of thiazole rings is 1. The Morgan fingerprint density at radius 1 is 1.28 bits per heavy atom. The highest BCUT2D eigenvalue weighted by Gasteiger charge is 2.48. The number of halogens is 2. The number of ether oxygens (including phenoxy) is 1. The van der Waals surface area contributed by atoms with Crippen molar-refractivity contribution in [3.8, 4) is 5.69 Å². The van der Waals surface area contributed by atoms with Crippen molar-refractivity contribution in [1.82, 2.24) is 14.8 Å². The Kier molecular flexibility index (Phi) is 6.39. The predicted molar refractivity (Wildman–Crippen MR) is 125 cm³/mol. The third-order valence-corrected chi connectivity index (χ3v) is 6.89. The zero-order valence-corrected chi connectivity index (χ0v) is 19.3. The van der Waals surface area contributed by atoms with Gasteiger partial charge in [-0.3, -0.25) is 4.90 Å². The number of para-hydroxylation sites is 1. The first-order valence-electron chi connectivity index (χ1n) is 10.5. The Labute approximate surface area is 196 Å². The third kappa shape index (κ3) is 4.45. The number of hydrogen-bond acceptors (Lipinski definition) is 6. The molecule has 170 valence electrons. The average Bonchev–Trinajstić information content (AvgIpc) is 3.48. The summed E-state index contributed by atoms with van der Waals surface area (Å²) in [6, 6.07) is 8.43.